The van der Waals surface area contributed by atoms with Crippen molar-refractivity contribution in [2.45, 2.75) is 38.3 Å². The fourth-order valence-electron chi connectivity index (χ4n) is 5.23. The Morgan fingerprint density at radius 3 is 2.84 bits per heavy atom. The molecule has 2 aliphatic rings. The van der Waals surface area contributed by atoms with Crippen LogP contribution in [-0.2, 0) is 4.79 Å². The average Bonchev–Trinajstić information content (AvgIpc) is 3.40. The van der Waals surface area contributed by atoms with Gasteiger partial charge in [-0.3, -0.25) is 4.79 Å². The number of benzene rings is 1. The number of piperidine rings is 1. The van der Waals surface area contributed by atoms with Crippen molar-refractivity contribution in [1.82, 2.24) is 19.9 Å². The van der Waals surface area contributed by atoms with E-state index in [4.69, 9.17) is 23.2 Å². The Morgan fingerprint density at radius 1 is 1.25 bits per heavy atom. The van der Waals surface area contributed by atoms with Gasteiger partial charge in [0.2, 0.25) is 5.91 Å². The zero-order valence-corrected chi connectivity index (χ0v) is 19.4. The number of carbonyl (C=O) groups is 1. The van der Waals surface area contributed by atoms with Crippen LogP contribution in [0.2, 0.25) is 10.0 Å². The summed E-state index contributed by atoms with van der Waals surface area (Å²) in [7, 11) is 0. The lowest BCUT2D eigenvalue weighted by Crippen LogP contribution is -2.52. The molecule has 0 spiro atoms. The maximum absolute atomic E-state index is 13.0. The number of anilines is 2. The molecule has 168 valence electrons. The maximum atomic E-state index is 13.0. The van der Waals surface area contributed by atoms with Gasteiger partial charge in [-0.2, -0.15) is 0 Å². The number of fused-ring (bicyclic) bond motifs is 2. The minimum absolute atomic E-state index is 0.0777. The van der Waals surface area contributed by atoms with E-state index in [9.17, 15) is 4.79 Å². The Labute approximate surface area is 197 Å². The molecule has 0 radical (unpaired) electrons. The number of aromatic nitrogens is 3. The number of H-pyrrole nitrogens is 1. The number of amides is 1. The summed E-state index contributed by atoms with van der Waals surface area (Å²) in [4.78, 5) is 29.7. The van der Waals surface area contributed by atoms with E-state index in [1.54, 1.807) is 24.5 Å². The highest BCUT2D eigenvalue weighted by atomic mass is 35.5. The minimum atomic E-state index is 0.0777. The van der Waals surface area contributed by atoms with Gasteiger partial charge in [0.1, 0.15) is 17.8 Å². The van der Waals surface area contributed by atoms with Gasteiger partial charge in [0.05, 0.1) is 18.0 Å². The Hall–Kier alpha value is -2.51. The van der Waals surface area contributed by atoms with Crippen molar-refractivity contribution in [1.29, 1.82) is 0 Å². The van der Waals surface area contributed by atoms with E-state index >= 15 is 0 Å². The summed E-state index contributed by atoms with van der Waals surface area (Å²) in [5.74, 6) is 1.61. The molecule has 3 unspecified atom stereocenters. The fraction of sp³-hybridized carbons (Fsp3) is 0.435. The molecule has 2 aliphatic heterocycles. The van der Waals surface area contributed by atoms with Crippen LogP contribution in [0, 0.1) is 5.92 Å². The maximum Gasteiger partial charge on any atom is 0.241 e. The molecule has 2 saturated heterocycles. The molecule has 0 bridgehead atoms. The molecule has 0 aliphatic carbocycles. The first-order valence-corrected chi connectivity index (χ1v) is 11.8. The summed E-state index contributed by atoms with van der Waals surface area (Å²) < 4.78 is 0. The van der Waals surface area contributed by atoms with E-state index in [-0.39, 0.29) is 18.5 Å². The van der Waals surface area contributed by atoms with Crippen LogP contribution in [0.5, 0.6) is 0 Å². The van der Waals surface area contributed by atoms with E-state index < -0.39 is 0 Å². The van der Waals surface area contributed by atoms with Crippen LogP contribution >= 0.6 is 23.2 Å². The van der Waals surface area contributed by atoms with Crippen molar-refractivity contribution >= 4 is 51.6 Å². The van der Waals surface area contributed by atoms with Gasteiger partial charge in [0, 0.05) is 41.1 Å². The predicted molar refractivity (Wildman–Crippen MR) is 128 cm³/mol. The Kier molecular flexibility index (Phi) is 5.86. The molecule has 3 atom stereocenters. The van der Waals surface area contributed by atoms with Crippen LogP contribution in [0.25, 0.3) is 11.0 Å². The Balaban J connectivity index is 1.33. The van der Waals surface area contributed by atoms with Crippen LogP contribution in [-0.4, -0.2) is 57.5 Å². The number of carbonyl (C=O) groups excluding carboxylic acids is 1. The smallest absolute Gasteiger partial charge is 0.241 e. The second kappa shape index (κ2) is 8.79. The largest absolute Gasteiger partial charge is 0.376 e. The molecule has 7 nitrogen and oxygen atoms in total. The second-order valence-electron chi connectivity index (χ2n) is 8.61. The molecule has 9 heteroatoms. The third-order valence-corrected chi connectivity index (χ3v) is 7.19. The summed E-state index contributed by atoms with van der Waals surface area (Å²) in [6.45, 7) is 3.92. The van der Waals surface area contributed by atoms with Gasteiger partial charge >= 0.3 is 0 Å². The first-order chi connectivity index (χ1) is 15.5. The number of nitrogens with one attached hydrogen (secondary N) is 2. The summed E-state index contributed by atoms with van der Waals surface area (Å²) in [5.41, 5.74) is 1.59. The van der Waals surface area contributed by atoms with Crippen LogP contribution in [0.15, 0.2) is 36.8 Å². The molecule has 5 rings (SSSR count). The van der Waals surface area contributed by atoms with Crippen molar-refractivity contribution in [2.24, 2.45) is 5.92 Å². The molecule has 2 fully saturated rings. The lowest BCUT2D eigenvalue weighted by Gasteiger charge is -2.40. The average molecular weight is 473 g/mol. The molecular formula is C23H26Cl2N6O. The summed E-state index contributed by atoms with van der Waals surface area (Å²) in [6, 6.07) is 7.93. The number of aromatic amines is 1. The number of hydrogen-bond donors (Lipinski definition) is 2. The Bertz CT molecular complexity index is 1110. The lowest BCUT2D eigenvalue weighted by atomic mass is 9.91. The van der Waals surface area contributed by atoms with E-state index in [0.717, 1.165) is 48.3 Å². The quantitative estimate of drug-likeness (QED) is 0.567. The highest BCUT2D eigenvalue weighted by Gasteiger charge is 2.45. The van der Waals surface area contributed by atoms with Gasteiger partial charge < -0.3 is 20.1 Å². The molecule has 2 N–H and O–H groups in total. The standard InChI is InChI=1S/C23H26Cl2N6O/c1-2-18-7-14-4-6-30(21(32)11-27-17-9-15(24)8-16(25)10-17)12-20(14)31(18)23-19-3-5-26-22(19)28-13-29-23/h3,5,8-10,13-14,18,20,27H,2,4,6-7,11-12H2,1H3,(H,26,28,29). The van der Waals surface area contributed by atoms with Crippen LogP contribution in [0.1, 0.15) is 26.2 Å². The number of halogens is 2. The summed E-state index contributed by atoms with van der Waals surface area (Å²) in [6.07, 6.45) is 6.72. The van der Waals surface area contributed by atoms with Gasteiger partial charge in [-0.1, -0.05) is 30.1 Å². The normalized spacial score (nSPS) is 22.9. The highest BCUT2D eigenvalue weighted by molar-refractivity contribution is 6.35. The number of hydrogen-bond acceptors (Lipinski definition) is 5. The first kappa shape index (κ1) is 21.3. The van der Waals surface area contributed by atoms with Crippen molar-refractivity contribution < 1.29 is 4.79 Å². The molecule has 0 saturated carbocycles. The van der Waals surface area contributed by atoms with Gasteiger partial charge in [0.25, 0.3) is 0 Å². The lowest BCUT2D eigenvalue weighted by molar-refractivity contribution is -0.130. The molecular weight excluding hydrogens is 447 g/mol. The topological polar surface area (TPSA) is 77.2 Å². The SMILES string of the molecule is CCC1CC2CCN(C(=O)CNc3cc(Cl)cc(Cl)c3)CC2N1c1ncnc2[nH]ccc12. The van der Waals surface area contributed by atoms with Gasteiger partial charge in [0.15, 0.2) is 0 Å². The molecule has 4 heterocycles. The second-order valence-corrected chi connectivity index (χ2v) is 9.48. The third-order valence-electron chi connectivity index (χ3n) is 6.75. The first-order valence-electron chi connectivity index (χ1n) is 11.1. The van der Waals surface area contributed by atoms with Crippen LogP contribution < -0.4 is 10.2 Å². The summed E-state index contributed by atoms with van der Waals surface area (Å²) >= 11 is 12.1. The minimum Gasteiger partial charge on any atom is -0.376 e. The third kappa shape index (κ3) is 3.99. The van der Waals surface area contributed by atoms with Crippen molar-refractivity contribution in [2.75, 3.05) is 29.9 Å². The predicted octanol–water partition coefficient (Wildman–Crippen LogP) is 4.58. The number of rotatable bonds is 5. The molecule has 1 amide bonds. The zero-order chi connectivity index (χ0) is 22.2. The van der Waals surface area contributed by atoms with Gasteiger partial charge in [-0.15, -0.1) is 0 Å². The Morgan fingerprint density at radius 2 is 2.06 bits per heavy atom. The van der Waals surface area contributed by atoms with Crippen molar-refractivity contribution in [3.05, 3.63) is 46.8 Å². The number of likely N-dealkylation sites (tertiary alicyclic amines) is 1. The van der Waals surface area contributed by atoms with E-state index in [0.29, 0.717) is 28.5 Å². The molecule has 2 aromatic heterocycles. The fourth-order valence-corrected chi connectivity index (χ4v) is 5.76. The molecule has 3 aromatic rings. The van der Waals surface area contributed by atoms with E-state index in [1.807, 2.05) is 17.2 Å². The van der Waals surface area contributed by atoms with Gasteiger partial charge in [-0.05, 0) is 49.4 Å². The van der Waals surface area contributed by atoms with E-state index in [2.05, 4.69) is 32.1 Å². The zero-order valence-electron chi connectivity index (χ0n) is 17.9. The highest BCUT2D eigenvalue weighted by Crippen LogP contribution is 2.41. The van der Waals surface area contributed by atoms with Crippen molar-refractivity contribution in [3.63, 3.8) is 0 Å². The summed E-state index contributed by atoms with van der Waals surface area (Å²) in [5, 5.41) is 5.29. The molecule has 1 aromatic carbocycles. The monoisotopic (exact) mass is 472 g/mol. The van der Waals surface area contributed by atoms with Crippen LogP contribution in [0.4, 0.5) is 11.5 Å². The van der Waals surface area contributed by atoms with Crippen molar-refractivity contribution in [3.8, 4) is 0 Å². The van der Waals surface area contributed by atoms with Crippen LogP contribution in [0.3, 0.4) is 0 Å². The number of nitrogens with zero attached hydrogens (tertiary/aromatic N) is 4. The molecule has 32 heavy (non-hydrogen) atoms. The van der Waals surface area contributed by atoms with Gasteiger partial charge in [-0.25, -0.2) is 9.97 Å². The van der Waals surface area contributed by atoms with E-state index in [1.165, 1.54) is 0 Å².